The highest BCUT2D eigenvalue weighted by Gasteiger charge is 2.34. The second-order valence-corrected chi connectivity index (χ2v) is 10.8. The zero-order valence-electron chi connectivity index (χ0n) is 20.0. The topological polar surface area (TPSA) is 73.8 Å². The fourth-order valence-corrected chi connectivity index (χ4v) is 5.07. The van der Waals surface area contributed by atoms with Crippen LogP contribution in [0.15, 0.2) is 73.4 Å². The van der Waals surface area contributed by atoms with Gasteiger partial charge in [-0.05, 0) is 74.6 Å². The summed E-state index contributed by atoms with van der Waals surface area (Å²) < 4.78 is 8.35. The molecule has 6 nitrogen and oxygen atoms in total. The van der Waals surface area contributed by atoms with Crippen LogP contribution in [0, 0.1) is 19.3 Å². The van der Waals surface area contributed by atoms with Crippen molar-refractivity contribution in [2.24, 2.45) is 10.6 Å². The molecule has 2 aromatic carbocycles. The van der Waals surface area contributed by atoms with Gasteiger partial charge < -0.3 is 13.8 Å². The molecule has 0 fully saturated rings. The van der Waals surface area contributed by atoms with Gasteiger partial charge in [0, 0.05) is 32.5 Å². The highest BCUT2D eigenvalue weighted by atomic mass is 79.9. The Labute approximate surface area is 211 Å². The molecular formula is C28H25BrN2O4. The van der Waals surface area contributed by atoms with Crippen LogP contribution in [0.1, 0.15) is 53.1 Å². The second-order valence-electron chi connectivity index (χ2n) is 9.88. The molecule has 0 radical (unpaired) electrons. The van der Waals surface area contributed by atoms with Gasteiger partial charge in [0.2, 0.25) is 0 Å². The van der Waals surface area contributed by atoms with Crippen LogP contribution >= 0.6 is 15.9 Å². The fourth-order valence-electron chi connectivity index (χ4n) is 4.70. The molecule has 2 heterocycles. The van der Waals surface area contributed by atoms with Crippen LogP contribution in [0.2, 0.25) is 0 Å². The van der Waals surface area contributed by atoms with Crippen molar-refractivity contribution in [2.75, 3.05) is 0 Å². The summed E-state index contributed by atoms with van der Waals surface area (Å²) in [5.41, 5.74) is 5.52. The molecule has 0 atom stereocenters. The Balaban J connectivity index is 1.52. The molecule has 178 valence electrons. The molecule has 1 aliphatic rings. The quantitative estimate of drug-likeness (QED) is 0.171. The van der Waals surface area contributed by atoms with Crippen LogP contribution in [-0.2, 0) is 11.3 Å². The lowest BCUT2D eigenvalue weighted by Gasteiger charge is -2.31. The summed E-state index contributed by atoms with van der Waals surface area (Å²) in [5.74, 6) is -0.840. The van der Waals surface area contributed by atoms with E-state index in [0.29, 0.717) is 23.1 Å². The Morgan fingerprint density at radius 1 is 1.06 bits per heavy atom. The molecular weight excluding hydrogens is 508 g/mol. The van der Waals surface area contributed by atoms with E-state index in [9.17, 15) is 9.59 Å². The van der Waals surface area contributed by atoms with Gasteiger partial charge in [-0.2, -0.15) is 0 Å². The lowest BCUT2D eigenvalue weighted by Crippen LogP contribution is -2.29. The van der Waals surface area contributed by atoms with Crippen LogP contribution in [0.25, 0.3) is 16.7 Å². The largest absolute Gasteiger partial charge is 0.422 e. The van der Waals surface area contributed by atoms with Crippen molar-refractivity contribution in [1.29, 1.82) is 0 Å². The number of halogens is 1. The van der Waals surface area contributed by atoms with Crippen LogP contribution in [-0.4, -0.2) is 16.2 Å². The van der Waals surface area contributed by atoms with Gasteiger partial charge in [0.25, 0.3) is 0 Å². The van der Waals surface area contributed by atoms with Crippen LogP contribution in [0.4, 0.5) is 0 Å². The molecule has 0 N–H and O–H groups in total. The van der Waals surface area contributed by atoms with Gasteiger partial charge in [-0.3, -0.25) is 0 Å². The molecule has 0 amide bonds. The monoisotopic (exact) mass is 532 g/mol. The third-order valence-corrected chi connectivity index (χ3v) is 6.83. The Kier molecular flexibility index (Phi) is 5.75. The Hall–Kier alpha value is -3.45. The van der Waals surface area contributed by atoms with Crippen molar-refractivity contribution in [3.05, 3.63) is 97.6 Å². The number of hydrogen-bond acceptors (Lipinski definition) is 5. The van der Waals surface area contributed by atoms with E-state index in [4.69, 9.17) is 9.25 Å². The van der Waals surface area contributed by atoms with Crippen molar-refractivity contribution in [2.45, 2.75) is 40.5 Å². The summed E-state index contributed by atoms with van der Waals surface area (Å²) >= 11 is 3.39. The fraction of sp³-hybridized carbons (Fsp3) is 0.250. The average molecular weight is 533 g/mol. The molecule has 0 unspecified atom stereocenters. The number of aromatic nitrogens is 1. The van der Waals surface area contributed by atoms with Gasteiger partial charge in [-0.1, -0.05) is 52.6 Å². The molecule has 2 aromatic heterocycles. The SMILES string of the molecule is Cc1ccc(-n2c(C)cc3c2CC(C)(C)C/C3=N\OC(=O)c2cc3cc(Br)ccc3oc2=O)cc1. The van der Waals surface area contributed by atoms with E-state index in [1.165, 1.54) is 11.6 Å². The van der Waals surface area contributed by atoms with Crippen molar-refractivity contribution in [1.82, 2.24) is 4.57 Å². The first-order valence-electron chi connectivity index (χ1n) is 11.4. The molecule has 1 aliphatic carbocycles. The van der Waals surface area contributed by atoms with Crippen LogP contribution in [0.3, 0.4) is 0 Å². The lowest BCUT2D eigenvalue weighted by atomic mass is 9.76. The maximum Gasteiger partial charge on any atom is 0.373 e. The van der Waals surface area contributed by atoms with Gasteiger partial charge in [-0.15, -0.1) is 0 Å². The number of aryl methyl sites for hydroxylation is 2. The highest BCUT2D eigenvalue weighted by Crippen LogP contribution is 2.38. The molecule has 0 aliphatic heterocycles. The maximum absolute atomic E-state index is 12.8. The zero-order chi connectivity index (χ0) is 24.9. The summed E-state index contributed by atoms with van der Waals surface area (Å²) in [6, 6.07) is 17.2. The summed E-state index contributed by atoms with van der Waals surface area (Å²) in [6.07, 6.45) is 1.50. The van der Waals surface area contributed by atoms with E-state index in [1.807, 2.05) is 0 Å². The van der Waals surface area contributed by atoms with E-state index in [0.717, 1.165) is 33.5 Å². The standard InChI is InChI=1S/C28H25BrN2O4/c1-16-5-8-20(9-6-16)31-17(2)11-21-23(14-28(3,4)15-24(21)31)30-35-27(33)22-13-18-12-19(29)7-10-25(18)34-26(22)32/h5-13H,14-15H2,1-4H3/b30-23+. The number of rotatable bonds is 3. The predicted octanol–water partition coefficient (Wildman–Crippen LogP) is 6.50. The van der Waals surface area contributed by atoms with Crippen molar-refractivity contribution >= 4 is 38.6 Å². The van der Waals surface area contributed by atoms with Crippen molar-refractivity contribution in [3.63, 3.8) is 0 Å². The first kappa shape index (κ1) is 23.3. The van der Waals surface area contributed by atoms with E-state index in [1.54, 1.807) is 18.2 Å². The van der Waals surface area contributed by atoms with Gasteiger partial charge in [0.05, 0.1) is 5.71 Å². The van der Waals surface area contributed by atoms with Crippen LogP contribution < -0.4 is 5.63 Å². The van der Waals surface area contributed by atoms with E-state index < -0.39 is 11.6 Å². The predicted molar refractivity (Wildman–Crippen MR) is 139 cm³/mol. The average Bonchev–Trinajstić information content (AvgIpc) is 3.12. The van der Waals surface area contributed by atoms with Gasteiger partial charge in [0.1, 0.15) is 11.1 Å². The number of oxime groups is 1. The smallest absolute Gasteiger partial charge is 0.373 e. The second kappa shape index (κ2) is 8.64. The first-order valence-corrected chi connectivity index (χ1v) is 12.2. The summed E-state index contributed by atoms with van der Waals surface area (Å²) in [6.45, 7) is 8.47. The minimum absolute atomic E-state index is 0.0836. The highest BCUT2D eigenvalue weighted by molar-refractivity contribution is 9.10. The zero-order valence-corrected chi connectivity index (χ0v) is 21.6. The minimum Gasteiger partial charge on any atom is -0.422 e. The van der Waals surface area contributed by atoms with Gasteiger partial charge in [-0.25, -0.2) is 9.59 Å². The Morgan fingerprint density at radius 2 is 1.80 bits per heavy atom. The number of carbonyl (C=O) groups excluding carboxylic acids is 1. The molecule has 7 heteroatoms. The van der Waals surface area contributed by atoms with E-state index in [2.05, 4.69) is 83.7 Å². The molecule has 35 heavy (non-hydrogen) atoms. The normalized spacial score (nSPS) is 15.9. The lowest BCUT2D eigenvalue weighted by molar-refractivity contribution is 0.0509. The molecule has 0 bridgehead atoms. The van der Waals surface area contributed by atoms with Crippen molar-refractivity contribution < 1.29 is 14.0 Å². The Morgan fingerprint density at radius 3 is 2.54 bits per heavy atom. The number of nitrogens with zero attached hydrogens (tertiary/aromatic N) is 2. The first-order chi connectivity index (χ1) is 16.6. The molecule has 5 rings (SSSR count). The number of carbonyl (C=O) groups is 1. The summed E-state index contributed by atoms with van der Waals surface area (Å²) in [4.78, 5) is 30.6. The van der Waals surface area contributed by atoms with Crippen LogP contribution in [0.5, 0.6) is 0 Å². The molecule has 0 saturated heterocycles. The molecule has 4 aromatic rings. The van der Waals surface area contributed by atoms with Crippen molar-refractivity contribution in [3.8, 4) is 5.69 Å². The maximum atomic E-state index is 12.8. The summed E-state index contributed by atoms with van der Waals surface area (Å²) in [5, 5.41) is 4.88. The number of benzene rings is 2. The van der Waals surface area contributed by atoms with Gasteiger partial charge >= 0.3 is 11.6 Å². The van der Waals surface area contributed by atoms with Gasteiger partial charge in [0.15, 0.2) is 0 Å². The minimum atomic E-state index is -0.840. The molecule has 0 spiro atoms. The third-order valence-electron chi connectivity index (χ3n) is 6.33. The molecule has 0 saturated carbocycles. The Bertz CT molecular complexity index is 1560. The summed E-state index contributed by atoms with van der Waals surface area (Å²) in [7, 11) is 0. The third kappa shape index (κ3) is 4.48. The van der Waals surface area contributed by atoms with E-state index >= 15 is 0 Å². The number of hydrogen-bond donors (Lipinski definition) is 0. The number of fused-ring (bicyclic) bond motifs is 2. The van der Waals surface area contributed by atoms with E-state index in [-0.39, 0.29) is 11.0 Å².